The Morgan fingerprint density at radius 3 is 1.96 bits per heavy atom. The molecule has 1 heterocycles. The molecule has 6 atom stereocenters. The lowest BCUT2D eigenvalue weighted by Gasteiger charge is -2.45. The van der Waals surface area contributed by atoms with Crippen LogP contribution in [-0.4, -0.2) is 59.9 Å². The fraction of sp³-hybridized carbons (Fsp3) is 0.581. The first kappa shape index (κ1) is 41.3. The van der Waals surface area contributed by atoms with E-state index < -0.39 is 28.0 Å². The second-order valence-electron chi connectivity index (χ2n) is 16.4. The van der Waals surface area contributed by atoms with Gasteiger partial charge in [0.2, 0.25) is 5.78 Å². The quantitative estimate of drug-likeness (QED) is 0.0922. The van der Waals surface area contributed by atoms with Gasteiger partial charge in [-0.05, 0) is 90.1 Å². The molecule has 0 fully saturated rings. The number of ether oxygens (including phenoxy) is 2. The van der Waals surface area contributed by atoms with Gasteiger partial charge in [-0.2, -0.15) is 0 Å². The van der Waals surface area contributed by atoms with Crippen molar-refractivity contribution < 1.29 is 27.9 Å². The average molecular weight is 733 g/mol. The number of hydrogen-bond acceptors (Lipinski definition) is 6. The third-order valence-corrected chi connectivity index (χ3v) is 21.9. The molecule has 280 valence electrons. The lowest BCUT2D eigenvalue weighted by atomic mass is 9.66. The summed E-state index contributed by atoms with van der Waals surface area (Å²) in [6, 6.07) is 23.6. The zero-order valence-electron chi connectivity index (χ0n) is 33.2. The van der Waals surface area contributed by atoms with Crippen LogP contribution in [0.25, 0.3) is 0 Å². The van der Waals surface area contributed by atoms with E-state index in [4.69, 9.17) is 18.3 Å². The molecule has 0 spiro atoms. The van der Waals surface area contributed by atoms with Gasteiger partial charge < -0.3 is 23.1 Å². The first-order valence-electron chi connectivity index (χ1n) is 19.1. The van der Waals surface area contributed by atoms with Crippen molar-refractivity contribution in [2.45, 2.75) is 123 Å². The molecule has 0 N–H and O–H groups in total. The van der Waals surface area contributed by atoms with Crippen LogP contribution < -0.4 is 10.4 Å². The Labute approximate surface area is 310 Å². The number of aldehydes is 1. The highest BCUT2D eigenvalue weighted by Gasteiger charge is 2.56. The molecule has 2 aromatic carbocycles. The molecule has 0 aromatic heterocycles. The average Bonchev–Trinajstić information content (AvgIpc) is 3.50. The molecule has 6 nitrogen and oxygen atoms in total. The summed E-state index contributed by atoms with van der Waals surface area (Å²) in [6.45, 7) is 21.7. The van der Waals surface area contributed by atoms with Gasteiger partial charge in [-0.3, -0.25) is 4.79 Å². The van der Waals surface area contributed by atoms with Gasteiger partial charge in [0.15, 0.2) is 8.32 Å². The van der Waals surface area contributed by atoms with E-state index in [0.717, 1.165) is 34.9 Å². The van der Waals surface area contributed by atoms with E-state index in [1.165, 1.54) is 19.0 Å². The molecule has 2 aromatic rings. The third-order valence-electron chi connectivity index (χ3n) is 12.2. The minimum atomic E-state index is -2.99. The van der Waals surface area contributed by atoms with Gasteiger partial charge in [0, 0.05) is 13.0 Å². The minimum Gasteiger partial charge on any atom is -0.411 e. The van der Waals surface area contributed by atoms with Crippen LogP contribution in [0.1, 0.15) is 82.1 Å². The van der Waals surface area contributed by atoms with Gasteiger partial charge in [-0.25, -0.2) is 0 Å². The van der Waals surface area contributed by atoms with Crippen LogP contribution >= 0.6 is 0 Å². The van der Waals surface area contributed by atoms with E-state index in [9.17, 15) is 9.59 Å². The fourth-order valence-corrected chi connectivity index (χ4v) is 16.1. The largest absolute Gasteiger partial charge is 0.411 e. The van der Waals surface area contributed by atoms with E-state index in [0.29, 0.717) is 12.3 Å². The monoisotopic (exact) mass is 732 g/mol. The number of carbonyl (C=O) groups is 2. The lowest BCUT2D eigenvalue weighted by molar-refractivity contribution is -0.233. The van der Waals surface area contributed by atoms with Crippen LogP contribution in [0.4, 0.5) is 0 Å². The smallest absolute Gasteiger partial charge is 0.261 e. The predicted octanol–water partition coefficient (Wildman–Crippen LogP) is 8.65. The summed E-state index contributed by atoms with van der Waals surface area (Å²) in [7, 11) is -3.62. The minimum absolute atomic E-state index is 0.0199. The summed E-state index contributed by atoms with van der Waals surface area (Å²) < 4.78 is 27.3. The van der Waals surface area contributed by atoms with Crippen LogP contribution in [0, 0.1) is 23.7 Å². The van der Waals surface area contributed by atoms with Crippen LogP contribution in [-0.2, 0) is 27.9 Å². The molecule has 1 aliphatic carbocycles. The molecule has 2 aliphatic rings. The van der Waals surface area contributed by atoms with Crippen molar-refractivity contribution in [3.63, 3.8) is 0 Å². The zero-order chi connectivity index (χ0) is 37.7. The zero-order valence-corrected chi connectivity index (χ0v) is 35.2. The second kappa shape index (κ2) is 16.7. The maximum atomic E-state index is 14.6. The maximum absolute atomic E-state index is 14.6. The van der Waals surface area contributed by atoms with Gasteiger partial charge in [0.25, 0.3) is 14.1 Å². The normalized spacial score (nSPS) is 26.3. The molecule has 0 radical (unpaired) electrons. The van der Waals surface area contributed by atoms with Gasteiger partial charge in [-0.15, -0.1) is 0 Å². The summed E-state index contributed by atoms with van der Waals surface area (Å²) >= 11 is 0. The first-order chi connectivity index (χ1) is 24.1. The van der Waals surface area contributed by atoms with E-state index in [2.05, 4.69) is 92.7 Å². The molecule has 0 saturated carbocycles. The summed E-state index contributed by atoms with van der Waals surface area (Å²) in [5.41, 5.74) is 0.256. The molecular formula is C43H64O6Si2. The van der Waals surface area contributed by atoms with E-state index in [-0.39, 0.29) is 41.3 Å². The Hall–Kier alpha value is -2.47. The Bertz CT molecular complexity index is 1460. The van der Waals surface area contributed by atoms with Crippen LogP contribution in [0.2, 0.25) is 23.2 Å². The Kier molecular flexibility index (Phi) is 13.5. The number of benzene rings is 2. The van der Waals surface area contributed by atoms with Crippen molar-refractivity contribution in [1.29, 1.82) is 0 Å². The highest BCUT2D eigenvalue weighted by Crippen LogP contribution is 2.46. The Morgan fingerprint density at radius 2 is 1.51 bits per heavy atom. The van der Waals surface area contributed by atoms with Gasteiger partial charge in [-0.1, -0.05) is 128 Å². The molecule has 51 heavy (non-hydrogen) atoms. The topological polar surface area (TPSA) is 71.1 Å². The predicted molar refractivity (Wildman–Crippen MR) is 213 cm³/mol. The molecule has 8 heteroatoms. The van der Waals surface area contributed by atoms with Crippen molar-refractivity contribution in [1.82, 2.24) is 0 Å². The third kappa shape index (κ3) is 8.21. The first-order valence-corrected chi connectivity index (χ1v) is 23.6. The number of allylic oxidation sites excluding steroid dienone is 2. The molecule has 4 rings (SSSR count). The summed E-state index contributed by atoms with van der Waals surface area (Å²) in [6.07, 6.45) is 8.38. The van der Waals surface area contributed by atoms with Crippen LogP contribution in [0.3, 0.4) is 0 Å². The van der Waals surface area contributed by atoms with Crippen molar-refractivity contribution in [3.8, 4) is 0 Å². The lowest BCUT2D eigenvalue weighted by Crippen LogP contribution is -2.67. The summed E-state index contributed by atoms with van der Waals surface area (Å²) in [4.78, 5) is 27.3. The number of hydrogen-bond donors (Lipinski definition) is 0. The summed E-state index contributed by atoms with van der Waals surface area (Å²) in [5.74, 6) is -1.36. The number of ketones is 1. The molecule has 1 aliphatic heterocycles. The van der Waals surface area contributed by atoms with E-state index >= 15 is 0 Å². The molecule has 0 saturated heterocycles. The number of rotatable bonds is 17. The SMILES string of the molecule is CC[Si](CC)(CC)O[C@@H](C[C@H]1C(C)=CC[C@H](C(C)C)[C@H]1C=O)[C@]1(C)C=CC(OC)(C(=O)CO[Si](c2ccccc2)(c2ccccc2)C(C)(C)C)O1. The van der Waals surface area contributed by atoms with Crippen LogP contribution in [0.5, 0.6) is 0 Å². The fourth-order valence-electron chi connectivity index (χ4n) is 8.67. The number of carbonyl (C=O) groups excluding carboxylic acids is 2. The Morgan fingerprint density at radius 1 is 0.961 bits per heavy atom. The Balaban J connectivity index is 1.71. The standard InChI is InChI=1S/C43H64O6Si2/c1-12-50(13-2,14-3)48-40(29-37-33(6)25-26-36(32(4)5)38(37)30-44)42(10)27-28-43(46-11,49-42)39(45)31-47-51(41(7,8)9,34-21-17-15-18-22-34)35-23-19-16-20-24-35/h15-25,27-28,30,32,36-38,40H,12-14,26,29,31H2,1-11H3/t36-,37+,38-,40+,42+,43?/m1/s1. The maximum Gasteiger partial charge on any atom is 0.261 e. The summed E-state index contributed by atoms with van der Waals surface area (Å²) in [5, 5.41) is 1.91. The van der Waals surface area contributed by atoms with Crippen molar-refractivity contribution >= 4 is 39.1 Å². The number of methoxy groups -OCH3 is 1. The van der Waals surface area contributed by atoms with Gasteiger partial charge in [0.1, 0.15) is 11.9 Å². The van der Waals surface area contributed by atoms with Crippen molar-refractivity contribution in [2.75, 3.05) is 13.7 Å². The van der Waals surface area contributed by atoms with E-state index in [1.807, 2.05) is 49.4 Å². The van der Waals surface area contributed by atoms with Crippen LogP contribution in [0.15, 0.2) is 84.5 Å². The van der Waals surface area contributed by atoms with E-state index in [1.54, 1.807) is 6.08 Å². The van der Waals surface area contributed by atoms with Gasteiger partial charge in [0.05, 0.1) is 12.7 Å². The van der Waals surface area contributed by atoms with Crippen molar-refractivity contribution in [2.24, 2.45) is 23.7 Å². The molecule has 0 bridgehead atoms. The second-order valence-corrected chi connectivity index (χ2v) is 25.4. The van der Waals surface area contributed by atoms with Crippen molar-refractivity contribution in [3.05, 3.63) is 84.5 Å². The molecule has 1 unspecified atom stereocenters. The molecular weight excluding hydrogens is 669 g/mol. The highest BCUT2D eigenvalue weighted by molar-refractivity contribution is 6.99. The van der Waals surface area contributed by atoms with Gasteiger partial charge >= 0.3 is 0 Å². The highest BCUT2D eigenvalue weighted by atomic mass is 28.4. The number of Topliss-reactive ketones (excluding diaryl/α,β-unsaturated/α-hetero) is 1. The molecule has 0 amide bonds.